The summed E-state index contributed by atoms with van der Waals surface area (Å²) < 4.78 is 2.30. The standard InChI is InChI=1S/C16H14ClN3/c17-13-8-5-10(18)9-12(13)16-19-14-3-1-2-4-15(14)20(16)11-6-7-11/h1-5,8-9,11H,6-7,18H2. The number of hydrogen-bond acceptors (Lipinski definition) is 2. The molecule has 0 bridgehead atoms. The Morgan fingerprint density at radius 2 is 1.95 bits per heavy atom. The van der Waals surface area contributed by atoms with Crippen molar-refractivity contribution in [2.24, 2.45) is 0 Å². The number of imidazole rings is 1. The van der Waals surface area contributed by atoms with Gasteiger partial charge in [0.15, 0.2) is 0 Å². The molecule has 4 heteroatoms. The molecule has 2 N–H and O–H groups in total. The van der Waals surface area contributed by atoms with Crippen LogP contribution in [0.15, 0.2) is 42.5 Å². The molecule has 1 saturated carbocycles. The predicted molar refractivity (Wildman–Crippen MR) is 82.9 cm³/mol. The molecule has 20 heavy (non-hydrogen) atoms. The van der Waals surface area contributed by atoms with Crippen LogP contribution in [0, 0.1) is 0 Å². The van der Waals surface area contributed by atoms with Crippen LogP contribution in [0.4, 0.5) is 5.69 Å². The number of fused-ring (bicyclic) bond motifs is 1. The lowest BCUT2D eigenvalue weighted by molar-refractivity contribution is 0.775. The topological polar surface area (TPSA) is 43.8 Å². The highest BCUT2D eigenvalue weighted by molar-refractivity contribution is 6.33. The first kappa shape index (κ1) is 11.8. The minimum absolute atomic E-state index is 0.537. The van der Waals surface area contributed by atoms with Gasteiger partial charge in [-0.15, -0.1) is 0 Å². The Morgan fingerprint density at radius 3 is 2.75 bits per heavy atom. The van der Waals surface area contributed by atoms with E-state index in [-0.39, 0.29) is 0 Å². The van der Waals surface area contributed by atoms with E-state index in [1.807, 2.05) is 36.4 Å². The molecular weight excluding hydrogens is 270 g/mol. The van der Waals surface area contributed by atoms with Crippen molar-refractivity contribution in [3.8, 4) is 11.4 Å². The highest BCUT2D eigenvalue weighted by Crippen LogP contribution is 2.42. The van der Waals surface area contributed by atoms with Gasteiger partial charge in [-0.2, -0.15) is 0 Å². The molecule has 2 aromatic carbocycles. The van der Waals surface area contributed by atoms with E-state index >= 15 is 0 Å². The van der Waals surface area contributed by atoms with Crippen LogP contribution in [-0.4, -0.2) is 9.55 Å². The molecule has 0 saturated heterocycles. The highest BCUT2D eigenvalue weighted by Gasteiger charge is 2.29. The van der Waals surface area contributed by atoms with Gasteiger partial charge < -0.3 is 10.3 Å². The van der Waals surface area contributed by atoms with Crippen molar-refractivity contribution in [2.75, 3.05) is 5.73 Å². The Balaban J connectivity index is 2.03. The van der Waals surface area contributed by atoms with Gasteiger partial charge in [0.25, 0.3) is 0 Å². The van der Waals surface area contributed by atoms with E-state index in [1.54, 1.807) is 0 Å². The van der Waals surface area contributed by atoms with E-state index in [1.165, 1.54) is 18.4 Å². The second-order valence-corrected chi connectivity index (χ2v) is 5.67. The van der Waals surface area contributed by atoms with Gasteiger partial charge in [0.05, 0.1) is 16.1 Å². The van der Waals surface area contributed by atoms with Gasteiger partial charge in [-0.25, -0.2) is 4.98 Å². The summed E-state index contributed by atoms with van der Waals surface area (Å²) in [5.41, 5.74) is 9.70. The monoisotopic (exact) mass is 283 g/mol. The summed E-state index contributed by atoms with van der Waals surface area (Å²) in [6.07, 6.45) is 2.40. The third-order valence-corrected chi connectivity index (χ3v) is 4.07. The number of rotatable bonds is 2. The molecule has 3 aromatic rings. The molecule has 3 nitrogen and oxygen atoms in total. The van der Waals surface area contributed by atoms with Gasteiger partial charge in [0, 0.05) is 17.3 Å². The lowest BCUT2D eigenvalue weighted by Crippen LogP contribution is -1.98. The number of anilines is 1. The molecule has 0 radical (unpaired) electrons. The summed E-state index contributed by atoms with van der Waals surface area (Å²) in [6, 6.07) is 14.3. The first-order chi connectivity index (χ1) is 9.74. The van der Waals surface area contributed by atoms with E-state index in [4.69, 9.17) is 22.3 Å². The highest BCUT2D eigenvalue weighted by atomic mass is 35.5. The molecule has 0 atom stereocenters. The zero-order valence-corrected chi connectivity index (χ0v) is 11.6. The van der Waals surface area contributed by atoms with E-state index in [2.05, 4.69) is 10.6 Å². The molecule has 0 unspecified atom stereocenters. The van der Waals surface area contributed by atoms with Crippen LogP contribution in [0.5, 0.6) is 0 Å². The minimum Gasteiger partial charge on any atom is -0.399 e. The van der Waals surface area contributed by atoms with Crippen LogP contribution in [0.3, 0.4) is 0 Å². The van der Waals surface area contributed by atoms with Crippen LogP contribution < -0.4 is 5.73 Å². The van der Waals surface area contributed by atoms with E-state index in [0.717, 1.165) is 16.9 Å². The Kier molecular flexibility index (Phi) is 2.51. The number of nitrogens with zero attached hydrogens (tertiary/aromatic N) is 2. The maximum atomic E-state index is 6.35. The lowest BCUT2D eigenvalue weighted by Gasteiger charge is -2.09. The van der Waals surface area contributed by atoms with Crippen LogP contribution in [0.2, 0.25) is 5.02 Å². The SMILES string of the molecule is Nc1ccc(Cl)c(-c2nc3ccccc3n2C2CC2)c1. The Labute approximate surface area is 122 Å². The zero-order valence-electron chi connectivity index (χ0n) is 10.9. The average molecular weight is 284 g/mol. The smallest absolute Gasteiger partial charge is 0.142 e. The molecule has 1 aromatic heterocycles. The maximum absolute atomic E-state index is 6.35. The molecule has 1 aliphatic carbocycles. The normalized spacial score (nSPS) is 14.8. The fraction of sp³-hybridized carbons (Fsp3) is 0.188. The number of aromatic nitrogens is 2. The first-order valence-electron chi connectivity index (χ1n) is 6.76. The van der Waals surface area contributed by atoms with Crippen LogP contribution >= 0.6 is 11.6 Å². The quantitative estimate of drug-likeness (QED) is 0.714. The zero-order chi connectivity index (χ0) is 13.7. The van der Waals surface area contributed by atoms with Crippen molar-refractivity contribution in [1.29, 1.82) is 0 Å². The summed E-state index contributed by atoms with van der Waals surface area (Å²) in [4.78, 5) is 4.77. The number of para-hydroxylation sites is 2. The van der Waals surface area contributed by atoms with E-state index in [0.29, 0.717) is 16.8 Å². The lowest BCUT2D eigenvalue weighted by atomic mass is 10.2. The Morgan fingerprint density at radius 1 is 1.15 bits per heavy atom. The Hall–Kier alpha value is -2.00. The number of nitrogens with two attached hydrogens (primary N) is 1. The predicted octanol–water partition coefficient (Wildman–Crippen LogP) is 4.27. The van der Waals surface area contributed by atoms with Gasteiger partial charge in [-0.05, 0) is 43.2 Å². The second kappa shape index (κ2) is 4.25. The van der Waals surface area contributed by atoms with Crippen molar-refractivity contribution in [2.45, 2.75) is 18.9 Å². The molecular formula is C16H14ClN3. The molecule has 4 rings (SSSR count). The molecule has 0 spiro atoms. The Bertz CT molecular complexity index is 803. The average Bonchev–Trinajstić information content (AvgIpc) is 3.21. The molecule has 1 heterocycles. The van der Waals surface area contributed by atoms with Crippen molar-refractivity contribution in [3.05, 3.63) is 47.5 Å². The van der Waals surface area contributed by atoms with Crippen LogP contribution in [0.1, 0.15) is 18.9 Å². The number of hydrogen-bond donors (Lipinski definition) is 1. The number of benzene rings is 2. The van der Waals surface area contributed by atoms with Crippen LogP contribution in [-0.2, 0) is 0 Å². The van der Waals surface area contributed by atoms with Gasteiger partial charge in [0.1, 0.15) is 5.82 Å². The summed E-state index contributed by atoms with van der Waals surface area (Å²) in [5, 5.41) is 0.691. The summed E-state index contributed by atoms with van der Waals surface area (Å²) in [7, 11) is 0. The third kappa shape index (κ3) is 1.78. The minimum atomic E-state index is 0.537. The van der Waals surface area contributed by atoms with Gasteiger partial charge in [-0.1, -0.05) is 23.7 Å². The summed E-state index contributed by atoms with van der Waals surface area (Å²) in [5.74, 6) is 0.922. The second-order valence-electron chi connectivity index (χ2n) is 5.26. The van der Waals surface area contributed by atoms with Gasteiger partial charge in [0.2, 0.25) is 0 Å². The van der Waals surface area contributed by atoms with Crippen molar-refractivity contribution in [3.63, 3.8) is 0 Å². The number of halogens is 1. The van der Waals surface area contributed by atoms with E-state index < -0.39 is 0 Å². The molecule has 0 amide bonds. The van der Waals surface area contributed by atoms with Gasteiger partial charge in [-0.3, -0.25) is 0 Å². The largest absolute Gasteiger partial charge is 0.399 e. The maximum Gasteiger partial charge on any atom is 0.142 e. The van der Waals surface area contributed by atoms with Crippen molar-refractivity contribution in [1.82, 2.24) is 9.55 Å². The molecule has 100 valence electrons. The van der Waals surface area contributed by atoms with Crippen molar-refractivity contribution >= 4 is 28.3 Å². The fourth-order valence-electron chi connectivity index (χ4n) is 2.65. The first-order valence-corrected chi connectivity index (χ1v) is 7.14. The fourth-order valence-corrected chi connectivity index (χ4v) is 2.85. The van der Waals surface area contributed by atoms with Crippen molar-refractivity contribution < 1.29 is 0 Å². The molecule has 1 fully saturated rings. The number of nitrogen functional groups attached to an aromatic ring is 1. The molecule has 0 aliphatic heterocycles. The molecule has 1 aliphatic rings. The summed E-state index contributed by atoms with van der Waals surface area (Å²) in [6.45, 7) is 0. The third-order valence-electron chi connectivity index (χ3n) is 3.74. The van der Waals surface area contributed by atoms with E-state index in [9.17, 15) is 0 Å². The van der Waals surface area contributed by atoms with Gasteiger partial charge >= 0.3 is 0 Å². The van der Waals surface area contributed by atoms with Crippen LogP contribution in [0.25, 0.3) is 22.4 Å². The summed E-state index contributed by atoms with van der Waals surface area (Å²) >= 11 is 6.35.